The van der Waals surface area contributed by atoms with Crippen LogP contribution in [-0.2, 0) is 9.53 Å². The van der Waals surface area contributed by atoms with Crippen molar-refractivity contribution in [2.45, 2.75) is 63.5 Å². The van der Waals surface area contributed by atoms with E-state index in [4.69, 9.17) is 4.74 Å². The number of aliphatic hydroxyl groups is 1. The van der Waals surface area contributed by atoms with Crippen molar-refractivity contribution in [1.82, 2.24) is 4.90 Å². The Morgan fingerprint density at radius 1 is 1.37 bits per heavy atom. The van der Waals surface area contributed by atoms with E-state index in [-0.39, 0.29) is 17.9 Å². The van der Waals surface area contributed by atoms with Crippen LogP contribution in [0.1, 0.15) is 51.9 Å². The van der Waals surface area contributed by atoms with Crippen molar-refractivity contribution in [3.8, 4) is 0 Å². The molecule has 0 aromatic rings. The molecule has 1 aliphatic heterocycles. The maximum atomic E-state index is 12.2. The molecular weight excluding hydrogens is 242 g/mol. The smallest absolute Gasteiger partial charge is 0.225 e. The maximum absolute atomic E-state index is 12.2. The van der Waals surface area contributed by atoms with Crippen molar-refractivity contribution in [2.75, 3.05) is 20.3 Å². The maximum Gasteiger partial charge on any atom is 0.225 e. The van der Waals surface area contributed by atoms with Crippen LogP contribution >= 0.6 is 0 Å². The molecule has 1 saturated heterocycles. The van der Waals surface area contributed by atoms with Crippen LogP contribution in [0.3, 0.4) is 0 Å². The fourth-order valence-electron chi connectivity index (χ4n) is 3.80. The summed E-state index contributed by atoms with van der Waals surface area (Å²) in [6, 6.07) is 0.236. The number of methoxy groups -OCH3 is 1. The molecule has 3 atom stereocenters. The van der Waals surface area contributed by atoms with E-state index >= 15 is 0 Å². The van der Waals surface area contributed by atoms with Gasteiger partial charge in [-0.15, -0.1) is 0 Å². The summed E-state index contributed by atoms with van der Waals surface area (Å²) >= 11 is 0. The quantitative estimate of drug-likeness (QED) is 0.848. The summed E-state index contributed by atoms with van der Waals surface area (Å²) in [5, 5.41) is 10.6. The molecular formula is C15H27NO3. The first-order valence-electron chi connectivity index (χ1n) is 7.57. The van der Waals surface area contributed by atoms with Gasteiger partial charge in [-0.05, 0) is 32.6 Å². The Morgan fingerprint density at radius 2 is 2.16 bits per heavy atom. The fraction of sp³-hybridized carbons (Fsp3) is 0.933. The summed E-state index contributed by atoms with van der Waals surface area (Å²) in [6.07, 6.45) is 6.77. The first-order chi connectivity index (χ1) is 9.06. The van der Waals surface area contributed by atoms with Gasteiger partial charge >= 0.3 is 0 Å². The van der Waals surface area contributed by atoms with Crippen molar-refractivity contribution in [3.63, 3.8) is 0 Å². The van der Waals surface area contributed by atoms with Gasteiger partial charge in [-0.3, -0.25) is 4.79 Å². The third-order valence-electron chi connectivity index (χ3n) is 4.85. The van der Waals surface area contributed by atoms with Crippen LogP contribution in [0.2, 0.25) is 0 Å². The number of carbonyl (C=O) groups is 1. The molecule has 2 rings (SSSR count). The molecule has 0 unspecified atom stereocenters. The van der Waals surface area contributed by atoms with E-state index in [0.717, 1.165) is 38.6 Å². The fourth-order valence-corrected chi connectivity index (χ4v) is 3.80. The van der Waals surface area contributed by atoms with Gasteiger partial charge in [0.2, 0.25) is 5.91 Å². The van der Waals surface area contributed by atoms with Crippen molar-refractivity contribution < 1.29 is 14.6 Å². The number of ether oxygens (including phenoxy) is 1. The molecule has 1 heterocycles. The van der Waals surface area contributed by atoms with Crippen molar-refractivity contribution in [2.24, 2.45) is 5.92 Å². The summed E-state index contributed by atoms with van der Waals surface area (Å²) < 4.78 is 5.00. The summed E-state index contributed by atoms with van der Waals surface area (Å²) in [5.41, 5.74) is -0.604. The normalized spacial score (nSPS) is 35.6. The minimum Gasteiger partial charge on any atom is -0.390 e. The van der Waals surface area contributed by atoms with Gasteiger partial charge in [-0.2, -0.15) is 0 Å². The van der Waals surface area contributed by atoms with E-state index in [1.165, 1.54) is 6.42 Å². The molecule has 0 bridgehead atoms. The van der Waals surface area contributed by atoms with Crippen molar-refractivity contribution >= 4 is 5.91 Å². The second-order valence-electron chi connectivity index (χ2n) is 6.25. The van der Waals surface area contributed by atoms with Crippen molar-refractivity contribution in [1.29, 1.82) is 0 Å². The minimum absolute atomic E-state index is 0.186. The number of likely N-dealkylation sites (tertiary alicyclic amines) is 1. The Kier molecular flexibility index (Phi) is 4.85. The Balaban J connectivity index is 2.03. The van der Waals surface area contributed by atoms with Gasteiger partial charge in [0.15, 0.2) is 0 Å². The van der Waals surface area contributed by atoms with Gasteiger partial charge < -0.3 is 14.7 Å². The first-order valence-corrected chi connectivity index (χ1v) is 7.57. The van der Waals surface area contributed by atoms with E-state index in [1.54, 1.807) is 7.11 Å². The van der Waals surface area contributed by atoms with Gasteiger partial charge in [-0.25, -0.2) is 0 Å². The molecule has 1 amide bonds. The highest BCUT2D eigenvalue weighted by Gasteiger charge is 2.44. The molecule has 2 fully saturated rings. The highest BCUT2D eigenvalue weighted by Crippen LogP contribution is 2.40. The lowest BCUT2D eigenvalue weighted by atomic mass is 9.72. The molecule has 0 aromatic heterocycles. The zero-order chi connectivity index (χ0) is 13.9. The zero-order valence-corrected chi connectivity index (χ0v) is 12.2. The summed E-state index contributed by atoms with van der Waals surface area (Å²) in [6.45, 7) is 3.29. The summed E-state index contributed by atoms with van der Waals surface area (Å²) in [4.78, 5) is 14.2. The highest BCUT2D eigenvalue weighted by atomic mass is 16.5. The Morgan fingerprint density at radius 3 is 2.84 bits per heavy atom. The van der Waals surface area contributed by atoms with Crippen LogP contribution in [0, 0.1) is 5.92 Å². The molecule has 2 aliphatic rings. The molecule has 19 heavy (non-hydrogen) atoms. The van der Waals surface area contributed by atoms with Gasteiger partial charge in [0.25, 0.3) is 0 Å². The van der Waals surface area contributed by atoms with E-state index in [9.17, 15) is 9.90 Å². The first kappa shape index (κ1) is 14.8. The van der Waals surface area contributed by atoms with E-state index in [2.05, 4.69) is 0 Å². The molecule has 4 nitrogen and oxygen atoms in total. The molecule has 1 saturated carbocycles. The third-order valence-corrected chi connectivity index (χ3v) is 4.85. The van der Waals surface area contributed by atoms with Gasteiger partial charge in [0, 0.05) is 25.6 Å². The zero-order valence-electron chi connectivity index (χ0n) is 12.2. The molecule has 1 N–H and O–H groups in total. The Hall–Kier alpha value is -0.610. The average molecular weight is 269 g/mol. The van der Waals surface area contributed by atoms with E-state index in [0.29, 0.717) is 13.0 Å². The minimum atomic E-state index is -0.604. The van der Waals surface area contributed by atoms with Crippen LogP contribution in [0.5, 0.6) is 0 Å². The van der Waals surface area contributed by atoms with Crippen LogP contribution in [0.4, 0.5) is 0 Å². The van der Waals surface area contributed by atoms with Crippen LogP contribution in [0.15, 0.2) is 0 Å². The SMILES string of the molecule is COCCC(=O)N1CCC[C@@H]1[C@H]1CCCC[C@]1(C)O. The lowest BCUT2D eigenvalue weighted by Gasteiger charge is -2.43. The Bertz CT molecular complexity index is 317. The van der Waals surface area contributed by atoms with Crippen LogP contribution in [0.25, 0.3) is 0 Å². The topological polar surface area (TPSA) is 49.8 Å². The highest BCUT2D eigenvalue weighted by molar-refractivity contribution is 5.77. The number of hydrogen-bond acceptors (Lipinski definition) is 3. The average Bonchev–Trinajstić information content (AvgIpc) is 2.84. The number of amides is 1. The van der Waals surface area contributed by atoms with Gasteiger partial charge in [-0.1, -0.05) is 12.8 Å². The lowest BCUT2D eigenvalue weighted by Crippen LogP contribution is -2.50. The largest absolute Gasteiger partial charge is 0.390 e. The standard InChI is InChI=1S/C15H27NO3/c1-15(18)9-4-3-6-12(15)13-7-5-10-16(13)14(17)8-11-19-2/h12-13,18H,3-11H2,1-2H3/t12-,13-,15+/m1/s1. The number of hydrogen-bond donors (Lipinski definition) is 1. The van der Waals surface area contributed by atoms with Crippen LogP contribution < -0.4 is 0 Å². The second-order valence-corrected chi connectivity index (χ2v) is 6.25. The number of nitrogens with zero attached hydrogens (tertiary/aromatic N) is 1. The monoisotopic (exact) mass is 269 g/mol. The number of carbonyl (C=O) groups excluding carboxylic acids is 1. The lowest BCUT2D eigenvalue weighted by molar-refractivity contribution is -0.137. The molecule has 1 aliphatic carbocycles. The number of rotatable bonds is 4. The second kappa shape index (κ2) is 6.23. The predicted molar refractivity (Wildman–Crippen MR) is 73.8 cm³/mol. The molecule has 110 valence electrons. The van der Waals surface area contributed by atoms with E-state index < -0.39 is 5.60 Å². The summed E-state index contributed by atoms with van der Waals surface area (Å²) in [5.74, 6) is 0.431. The molecule has 0 radical (unpaired) electrons. The van der Waals surface area contributed by atoms with Gasteiger partial charge in [0.05, 0.1) is 18.6 Å². The van der Waals surface area contributed by atoms with E-state index in [1.807, 2.05) is 11.8 Å². The van der Waals surface area contributed by atoms with Crippen molar-refractivity contribution in [3.05, 3.63) is 0 Å². The molecule has 0 aromatic carbocycles. The summed E-state index contributed by atoms with van der Waals surface area (Å²) in [7, 11) is 1.63. The molecule has 4 heteroatoms. The third kappa shape index (κ3) is 3.29. The Labute approximate surface area is 116 Å². The van der Waals surface area contributed by atoms with Crippen LogP contribution in [-0.4, -0.2) is 47.8 Å². The van der Waals surface area contributed by atoms with Gasteiger partial charge in [0.1, 0.15) is 0 Å². The molecule has 0 spiro atoms. The predicted octanol–water partition coefficient (Wildman–Crippen LogP) is 1.96.